The molecule has 1 fully saturated rings. The van der Waals surface area contributed by atoms with Crippen molar-refractivity contribution in [2.75, 3.05) is 20.1 Å². The summed E-state index contributed by atoms with van der Waals surface area (Å²) in [7, 11) is 1.86. The second-order valence-corrected chi connectivity index (χ2v) is 2.29. The molecular formula is C7H12N2O. The predicted octanol–water partition coefficient (Wildman–Crippen LogP) is -0.348. The normalized spacial score (nSPS) is 21.7. The van der Waals surface area contributed by atoms with Gasteiger partial charge in [0.2, 0.25) is 5.91 Å². The van der Waals surface area contributed by atoms with Crippen LogP contribution in [0.2, 0.25) is 0 Å². The van der Waals surface area contributed by atoms with Crippen LogP contribution in [0.1, 0.15) is 6.42 Å². The van der Waals surface area contributed by atoms with Gasteiger partial charge in [-0.1, -0.05) is 6.08 Å². The Balaban J connectivity index is 2.46. The van der Waals surface area contributed by atoms with Crippen molar-refractivity contribution < 1.29 is 4.79 Å². The molecule has 0 saturated carbocycles. The molecule has 0 aliphatic carbocycles. The van der Waals surface area contributed by atoms with E-state index >= 15 is 0 Å². The van der Waals surface area contributed by atoms with Crippen molar-refractivity contribution >= 4 is 5.91 Å². The van der Waals surface area contributed by atoms with Crippen molar-refractivity contribution in [1.29, 1.82) is 0 Å². The number of hydrogen-bond acceptors (Lipinski definition) is 2. The third-order valence-electron chi connectivity index (χ3n) is 1.52. The van der Waals surface area contributed by atoms with Gasteiger partial charge in [0.1, 0.15) is 0 Å². The maximum Gasteiger partial charge on any atom is 0.247 e. The van der Waals surface area contributed by atoms with Crippen LogP contribution in [-0.4, -0.2) is 26.0 Å². The highest BCUT2D eigenvalue weighted by molar-refractivity contribution is 5.95. The summed E-state index contributed by atoms with van der Waals surface area (Å²) in [6, 6.07) is 0. The lowest BCUT2D eigenvalue weighted by atomic mass is 10.2. The van der Waals surface area contributed by atoms with E-state index in [0.29, 0.717) is 0 Å². The first-order valence-corrected chi connectivity index (χ1v) is 3.46. The van der Waals surface area contributed by atoms with Crippen LogP contribution < -0.4 is 10.6 Å². The van der Waals surface area contributed by atoms with Crippen LogP contribution in [0.25, 0.3) is 0 Å². The van der Waals surface area contributed by atoms with Gasteiger partial charge < -0.3 is 10.6 Å². The molecule has 0 spiro atoms. The standard InChI is InChI=1S/C7H12N2O/c1-8-4-2-6-3-5-9-7(6)10/h2,8H,3-5H2,1H3,(H,9,10)/b6-2-. The monoisotopic (exact) mass is 140 g/mol. The van der Waals surface area contributed by atoms with Gasteiger partial charge in [-0.25, -0.2) is 0 Å². The zero-order valence-electron chi connectivity index (χ0n) is 6.11. The molecular weight excluding hydrogens is 128 g/mol. The fourth-order valence-electron chi connectivity index (χ4n) is 0.958. The number of carbonyl (C=O) groups is 1. The lowest BCUT2D eigenvalue weighted by molar-refractivity contribution is -0.116. The molecule has 1 aliphatic rings. The Kier molecular flexibility index (Phi) is 2.45. The number of carbonyl (C=O) groups excluding carboxylic acids is 1. The average Bonchev–Trinajstić information content (AvgIpc) is 2.31. The van der Waals surface area contributed by atoms with E-state index in [4.69, 9.17) is 0 Å². The highest BCUT2D eigenvalue weighted by Gasteiger charge is 2.14. The van der Waals surface area contributed by atoms with Gasteiger partial charge in [-0.2, -0.15) is 0 Å². The highest BCUT2D eigenvalue weighted by atomic mass is 16.1. The summed E-state index contributed by atoms with van der Waals surface area (Å²) < 4.78 is 0. The second-order valence-electron chi connectivity index (χ2n) is 2.29. The molecule has 0 aromatic heterocycles. The quantitative estimate of drug-likeness (QED) is 0.515. The summed E-state index contributed by atoms with van der Waals surface area (Å²) in [5.74, 6) is 0.0928. The summed E-state index contributed by atoms with van der Waals surface area (Å²) >= 11 is 0. The lowest BCUT2D eigenvalue weighted by Gasteiger charge is -1.91. The van der Waals surface area contributed by atoms with E-state index in [1.807, 2.05) is 13.1 Å². The number of likely N-dealkylation sites (N-methyl/N-ethyl adjacent to an activating group) is 1. The minimum absolute atomic E-state index is 0.0928. The van der Waals surface area contributed by atoms with Gasteiger partial charge in [0.25, 0.3) is 0 Å². The van der Waals surface area contributed by atoms with E-state index in [9.17, 15) is 4.79 Å². The summed E-state index contributed by atoms with van der Waals surface area (Å²) in [5, 5.41) is 5.70. The fourth-order valence-corrected chi connectivity index (χ4v) is 0.958. The number of rotatable bonds is 2. The van der Waals surface area contributed by atoms with Gasteiger partial charge >= 0.3 is 0 Å². The van der Waals surface area contributed by atoms with Crippen molar-refractivity contribution in [2.24, 2.45) is 0 Å². The molecule has 0 aromatic rings. The molecule has 0 unspecified atom stereocenters. The molecule has 3 heteroatoms. The van der Waals surface area contributed by atoms with Crippen LogP contribution in [0.3, 0.4) is 0 Å². The molecule has 3 nitrogen and oxygen atoms in total. The number of nitrogens with one attached hydrogen (secondary N) is 2. The van der Waals surface area contributed by atoms with Crippen LogP contribution in [0.15, 0.2) is 11.6 Å². The van der Waals surface area contributed by atoms with Crippen molar-refractivity contribution in [1.82, 2.24) is 10.6 Å². The van der Waals surface area contributed by atoms with E-state index in [1.54, 1.807) is 0 Å². The van der Waals surface area contributed by atoms with Gasteiger partial charge in [0.05, 0.1) is 0 Å². The van der Waals surface area contributed by atoms with E-state index in [1.165, 1.54) is 0 Å². The molecule has 1 saturated heterocycles. The number of amides is 1. The minimum Gasteiger partial charge on any atom is -0.352 e. The van der Waals surface area contributed by atoms with Crippen LogP contribution in [0, 0.1) is 0 Å². The molecule has 0 atom stereocenters. The van der Waals surface area contributed by atoms with E-state index < -0.39 is 0 Å². The van der Waals surface area contributed by atoms with Crippen LogP contribution in [0.4, 0.5) is 0 Å². The smallest absolute Gasteiger partial charge is 0.247 e. The third-order valence-corrected chi connectivity index (χ3v) is 1.52. The highest BCUT2D eigenvalue weighted by Crippen LogP contribution is 2.05. The van der Waals surface area contributed by atoms with Gasteiger partial charge in [0, 0.05) is 18.7 Å². The van der Waals surface area contributed by atoms with Crippen molar-refractivity contribution in [3.63, 3.8) is 0 Å². The fraction of sp³-hybridized carbons (Fsp3) is 0.571. The van der Waals surface area contributed by atoms with Gasteiger partial charge in [-0.05, 0) is 13.5 Å². The molecule has 1 heterocycles. The Morgan fingerprint density at radius 2 is 2.60 bits per heavy atom. The first-order chi connectivity index (χ1) is 4.84. The second kappa shape index (κ2) is 3.37. The van der Waals surface area contributed by atoms with E-state index in [-0.39, 0.29) is 5.91 Å². The molecule has 2 N–H and O–H groups in total. The summed E-state index contributed by atoms with van der Waals surface area (Å²) in [6.45, 7) is 1.58. The van der Waals surface area contributed by atoms with E-state index in [0.717, 1.165) is 25.1 Å². The molecule has 1 aliphatic heterocycles. The van der Waals surface area contributed by atoms with Crippen LogP contribution >= 0.6 is 0 Å². The molecule has 0 bridgehead atoms. The van der Waals surface area contributed by atoms with Crippen LogP contribution in [-0.2, 0) is 4.79 Å². The molecule has 1 amide bonds. The van der Waals surface area contributed by atoms with Crippen molar-refractivity contribution in [2.45, 2.75) is 6.42 Å². The van der Waals surface area contributed by atoms with Crippen molar-refractivity contribution in [3.8, 4) is 0 Å². The molecule has 0 aromatic carbocycles. The topological polar surface area (TPSA) is 41.1 Å². The van der Waals surface area contributed by atoms with Crippen LogP contribution in [0.5, 0.6) is 0 Å². The summed E-state index contributed by atoms with van der Waals surface area (Å²) in [4.78, 5) is 10.9. The first-order valence-electron chi connectivity index (χ1n) is 3.46. The summed E-state index contributed by atoms with van der Waals surface area (Å²) in [5.41, 5.74) is 0.911. The Bertz CT molecular complexity index is 163. The van der Waals surface area contributed by atoms with Gasteiger partial charge in [0.15, 0.2) is 0 Å². The predicted molar refractivity (Wildman–Crippen MR) is 39.6 cm³/mol. The largest absolute Gasteiger partial charge is 0.352 e. The van der Waals surface area contributed by atoms with Gasteiger partial charge in [-0.15, -0.1) is 0 Å². The Hall–Kier alpha value is -0.830. The number of hydrogen-bond donors (Lipinski definition) is 2. The molecule has 0 radical (unpaired) electrons. The average molecular weight is 140 g/mol. The maximum atomic E-state index is 10.9. The minimum atomic E-state index is 0.0928. The lowest BCUT2D eigenvalue weighted by Crippen LogP contribution is -2.15. The summed E-state index contributed by atoms with van der Waals surface area (Å²) in [6.07, 6.45) is 2.81. The third kappa shape index (κ3) is 1.57. The molecule has 1 rings (SSSR count). The Labute approximate surface area is 60.5 Å². The Morgan fingerprint density at radius 1 is 1.80 bits per heavy atom. The maximum absolute atomic E-state index is 10.9. The van der Waals surface area contributed by atoms with Crippen molar-refractivity contribution in [3.05, 3.63) is 11.6 Å². The molecule has 56 valence electrons. The SMILES string of the molecule is CNC/C=C1/CCNC1=O. The molecule has 10 heavy (non-hydrogen) atoms. The first kappa shape index (κ1) is 7.28. The zero-order chi connectivity index (χ0) is 7.40. The Morgan fingerprint density at radius 3 is 3.10 bits per heavy atom. The van der Waals surface area contributed by atoms with Gasteiger partial charge in [-0.3, -0.25) is 4.79 Å². The zero-order valence-corrected chi connectivity index (χ0v) is 6.11. The van der Waals surface area contributed by atoms with E-state index in [2.05, 4.69) is 10.6 Å².